The van der Waals surface area contributed by atoms with E-state index >= 15 is 0 Å². The topological polar surface area (TPSA) is 24.9 Å². The maximum atomic E-state index is 14.3. The molecule has 0 bridgehead atoms. The van der Waals surface area contributed by atoms with E-state index in [-0.39, 0.29) is 11.9 Å². The van der Waals surface area contributed by atoms with Crippen LogP contribution in [0.2, 0.25) is 0 Å². The number of nitrogens with zero attached hydrogens (tertiary/aromatic N) is 1. The minimum Gasteiger partial charge on any atom is -0.301 e. The van der Waals surface area contributed by atoms with Crippen molar-refractivity contribution in [1.82, 2.24) is 10.3 Å². The van der Waals surface area contributed by atoms with Gasteiger partial charge in [0.15, 0.2) is 0 Å². The average Bonchev–Trinajstić information content (AvgIpc) is 3.14. The minimum atomic E-state index is -0.192. The van der Waals surface area contributed by atoms with Crippen LogP contribution in [0.1, 0.15) is 40.0 Å². The number of hydrogen-bond acceptors (Lipinski definition) is 3. The second kappa shape index (κ2) is 5.54. The Balaban J connectivity index is 2.00. The highest BCUT2D eigenvalue weighted by atomic mass is 79.9. The van der Waals surface area contributed by atoms with Gasteiger partial charge in [-0.1, -0.05) is 22.0 Å². The summed E-state index contributed by atoms with van der Waals surface area (Å²) in [5.41, 5.74) is 1.71. The average molecular weight is 355 g/mol. The Morgan fingerprint density at radius 2 is 2.15 bits per heavy atom. The smallest absolute Gasteiger partial charge is 0.129 e. The van der Waals surface area contributed by atoms with Crippen molar-refractivity contribution in [1.29, 1.82) is 0 Å². The Morgan fingerprint density at radius 1 is 1.40 bits per heavy atom. The molecule has 1 saturated carbocycles. The fourth-order valence-electron chi connectivity index (χ4n) is 2.14. The zero-order valence-corrected chi connectivity index (χ0v) is 13.8. The van der Waals surface area contributed by atoms with Crippen LogP contribution < -0.4 is 5.32 Å². The molecule has 2 nitrogen and oxygen atoms in total. The first-order valence-electron chi connectivity index (χ1n) is 6.69. The van der Waals surface area contributed by atoms with Gasteiger partial charge in [0.2, 0.25) is 0 Å². The number of thiazole rings is 1. The van der Waals surface area contributed by atoms with Crippen LogP contribution in [0.4, 0.5) is 4.39 Å². The zero-order valence-electron chi connectivity index (χ0n) is 11.4. The molecule has 0 spiro atoms. The third kappa shape index (κ3) is 2.95. The van der Waals surface area contributed by atoms with Crippen LogP contribution in [-0.2, 0) is 0 Å². The molecule has 3 rings (SSSR count). The lowest BCUT2D eigenvalue weighted by molar-refractivity contribution is 0.544. The summed E-state index contributed by atoms with van der Waals surface area (Å²) in [5, 5.41) is 4.47. The second-order valence-corrected chi connectivity index (χ2v) is 7.38. The molecular weight excluding hydrogens is 339 g/mol. The first kappa shape index (κ1) is 14.2. The number of aromatic nitrogens is 1. The summed E-state index contributed by atoms with van der Waals surface area (Å²) in [6.45, 7) is 4.06. The molecule has 2 aromatic rings. The summed E-state index contributed by atoms with van der Waals surface area (Å²) in [7, 11) is 0. The number of aryl methyl sites for hydroxylation is 2. The van der Waals surface area contributed by atoms with Crippen LogP contribution in [-0.4, -0.2) is 11.0 Å². The van der Waals surface area contributed by atoms with E-state index in [4.69, 9.17) is 0 Å². The Hall–Kier alpha value is -0.780. The highest BCUT2D eigenvalue weighted by Crippen LogP contribution is 2.33. The Kier molecular flexibility index (Phi) is 3.93. The largest absolute Gasteiger partial charge is 0.301 e. The summed E-state index contributed by atoms with van der Waals surface area (Å²) < 4.78 is 15.0. The lowest BCUT2D eigenvalue weighted by atomic mass is 10.1. The standard InChI is InChI=1S/C15H16BrFN2S/c1-8-9(2)20-15(18-8)14(19-11-4-5-11)12-6-3-10(16)7-13(12)17/h3,6-7,11,14,19H,4-5H2,1-2H3. The summed E-state index contributed by atoms with van der Waals surface area (Å²) >= 11 is 4.96. The van der Waals surface area contributed by atoms with Crippen molar-refractivity contribution >= 4 is 27.3 Å². The molecule has 0 saturated heterocycles. The quantitative estimate of drug-likeness (QED) is 0.873. The minimum absolute atomic E-state index is 0.145. The molecule has 0 radical (unpaired) electrons. The van der Waals surface area contributed by atoms with Crippen molar-refractivity contribution in [2.24, 2.45) is 0 Å². The molecule has 1 atom stereocenters. The van der Waals surface area contributed by atoms with Gasteiger partial charge in [-0.25, -0.2) is 9.37 Å². The molecule has 0 aliphatic heterocycles. The molecule has 20 heavy (non-hydrogen) atoms. The van der Waals surface area contributed by atoms with Gasteiger partial charge in [-0.15, -0.1) is 11.3 Å². The molecule has 1 fully saturated rings. The van der Waals surface area contributed by atoms with Gasteiger partial charge in [-0.05, 0) is 38.8 Å². The third-order valence-corrected chi connectivity index (χ3v) is 5.18. The predicted molar refractivity (Wildman–Crippen MR) is 83.7 cm³/mol. The summed E-state index contributed by atoms with van der Waals surface area (Å²) in [6.07, 6.45) is 2.33. The van der Waals surface area contributed by atoms with Crippen LogP contribution in [0.25, 0.3) is 0 Å². The van der Waals surface area contributed by atoms with Gasteiger partial charge in [-0.2, -0.15) is 0 Å². The van der Waals surface area contributed by atoms with Crippen molar-refractivity contribution < 1.29 is 4.39 Å². The van der Waals surface area contributed by atoms with E-state index in [9.17, 15) is 4.39 Å². The highest BCUT2D eigenvalue weighted by Gasteiger charge is 2.29. The molecule has 1 N–H and O–H groups in total. The van der Waals surface area contributed by atoms with Gasteiger partial charge in [0.25, 0.3) is 0 Å². The van der Waals surface area contributed by atoms with Gasteiger partial charge in [0.1, 0.15) is 10.8 Å². The highest BCUT2D eigenvalue weighted by molar-refractivity contribution is 9.10. The van der Waals surface area contributed by atoms with Gasteiger partial charge >= 0.3 is 0 Å². The van der Waals surface area contributed by atoms with Crippen molar-refractivity contribution in [3.05, 3.63) is 49.6 Å². The van der Waals surface area contributed by atoms with E-state index in [1.807, 2.05) is 19.1 Å². The third-order valence-electron chi connectivity index (χ3n) is 3.55. The molecule has 5 heteroatoms. The molecule has 1 aromatic carbocycles. The maximum absolute atomic E-state index is 14.3. The summed E-state index contributed by atoms with van der Waals surface area (Å²) in [6, 6.07) is 5.59. The fraction of sp³-hybridized carbons (Fsp3) is 0.400. The van der Waals surface area contributed by atoms with E-state index in [2.05, 4.69) is 33.2 Å². The number of benzene rings is 1. The number of halogens is 2. The van der Waals surface area contributed by atoms with E-state index in [0.717, 1.165) is 28.0 Å². The first-order chi connectivity index (χ1) is 9.54. The van der Waals surface area contributed by atoms with Crippen LogP contribution in [0.3, 0.4) is 0 Å². The Bertz CT molecular complexity index is 617. The van der Waals surface area contributed by atoms with E-state index in [0.29, 0.717) is 11.6 Å². The molecule has 1 unspecified atom stereocenters. The molecule has 1 aliphatic rings. The first-order valence-corrected chi connectivity index (χ1v) is 8.30. The van der Waals surface area contributed by atoms with Crippen LogP contribution >= 0.6 is 27.3 Å². The van der Waals surface area contributed by atoms with Crippen LogP contribution in [0.15, 0.2) is 22.7 Å². The van der Waals surface area contributed by atoms with Crippen molar-refractivity contribution in [3.63, 3.8) is 0 Å². The zero-order chi connectivity index (χ0) is 14.3. The SMILES string of the molecule is Cc1nc(C(NC2CC2)c2ccc(Br)cc2F)sc1C. The van der Waals surface area contributed by atoms with Crippen LogP contribution in [0, 0.1) is 19.7 Å². The summed E-state index contributed by atoms with van der Waals surface area (Å²) in [5.74, 6) is -0.192. The molecule has 1 aromatic heterocycles. The van der Waals surface area contributed by atoms with E-state index < -0.39 is 0 Å². The number of nitrogens with one attached hydrogen (secondary N) is 1. The molecule has 1 heterocycles. The van der Waals surface area contributed by atoms with Gasteiger partial charge in [-0.3, -0.25) is 0 Å². The molecular formula is C15H16BrFN2S. The lowest BCUT2D eigenvalue weighted by Gasteiger charge is -2.17. The second-order valence-electron chi connectivity index (χ2n) is 5.23. The molecule has 0 amide bonds. The fourth-order valence-corrected chi connectivity index (χ4v) is 3.47. The van der Waals surface area contributed by atoms with Crippen molar-refractivity contribution in [3.8, 4) is 0 Å². The van der Waals surface area contributed by atoms with E-state index in [1.165, 1.54) is 10.9 Å². The number of rotatable bonds is 4. The summed E-state index contributed by atoms with van der Waals surface area (Å²) in [4.78, 5) is 5.80. The van der Waals surface area contributed by atoms with Crippen LogP contribution in [0.5, 0.6) is 0 Å². The Morgan fingerprint density at radius 3 is 2.70 bits per heavy atom. The van der Waals surface area contributed by atoms with Gasteiger partial charge < -0.3 is 5.32 Å². The van der Waals surface area contributed by atoms with Crippen molar-refractivity contribution in [2.75, 3.05) is 0 Å². The monoisotopic (exact) mass is 354 g/mol. The Labute approximate surface area is 130 Å². The van der Waals surface area contributed by atoms with Gasteiger partial charge in [0.05, 0.1) is 11.7 Å². The molecule has 1 aliphatic carbocycles. The molecule has 106 valence electrons. The maximum Gasteiger partial charge on any atom is 0.129 e. The van der Waals surface area contributed by atoms with E-state index in [1.54, 1.807) is 11.3 Å². The number of hydrogen-bond donors (Lipinski definition) is 1. The van der Waals surface area contributed by atoms with Gasteiger partial charge in [0, 0.05) is 21.0 Å². The predicted octanol–water partition coefficient (Wildman–Crippen LogP) is 4.50. The lowest BCUT2D eigenvalue weighted by Crippen LogP contribution is -2.25. The normalized spacial score (nSPS) is 16.4. The van der Waals surface area contributed by atoms with Crippen molar-refractivity contribution in [2.45, 2.75) is 38.8 Å².